The molecule has 3 N–H and O–H groups in total. The second-order valence-corrected chi connectivity index (χ2v) is 10.1. The van der Waals surface area contributed by atoms with Crippen LogP contribution in [-0.4, -0.2) is 53.9 Å². The number of phosphoric acid groups is 1. The smallest absolute Gasteiger partial charge is 0.356 e. The van der Waals surface area contributed by atoms with Crippen LogP contribution in [0.15, 0.2) is 27.5 Å². The molecule has 5 rings (SSSR count). The highest BCUT2D eigenvalue weighted by Gasteiger charge is 2.25. The highest BCUT2D eigenvalue weighted by Crippen LogP contribution is 2.32. The van der Waals surface area contributed by atoms with Crippen LogP contribution < -0.4 is 5.56 Å². The number of benzene rings is 1. The van der Waals surface area contributed by atoms with Gasteiger partial charge in [-0.3, -0.25) is 9.36 Å². The number of aromatic nitrogens is 3. The minimum absolute atomic E-state index is 0.161. The lowest BCUT2D eigenvalue weighted by atomic mass is 9.91. The molecule has 0 amide bonds. The monoisotopic (exact) mass is 508 g/mol. The van der Waals surface area contributed by atoms with E-state index >= 15 is 0 Å². The average Bonchev–Trinajstić information content (AvgIpc) is 3.21. The van der Waals surface area contributed by atoms with Crippen LogP contribution in [-0.2, 0) is 24.0 Å². The van der Waals surface area contributed by atoms with E-state index in [1.165, 1.54) is 12.1 Å². The first-order valence-corrected chi connectivity index (χ1v) is 13.3. The van der Waals surface area contributed by atoms with E-state index in [-0.39, 0.29) is 11.4 Å². The zero-order valence-corrected chi connectivity index (χ0v) is 20.5. The Balaban J connectivity index is 0.000000527. The maximum atomic E-state index is 13.4. The minimum atomic E-state index is -4.64. The Morgan fingerprint density at radius 2 is 1.89 bits per heavy atom. The summed E-state index contributed by atoms with van der Waals surface area (Å²) in [6.07, 6.45) is 5.81. The molecule has 0 atom stereocenters. The first-order valence-electron chi connectivity index (χ1n) is 11.7. The van der Waals surface area contributed by atoms with Crippen molar-refractivity contribution in [2.45, 2.75) is 57.9 Å². The molecule has 0 unspecified atom stereocenters. The number of fused-ring (bicyclic) bond motifs is 2. The molecule has 190 valence electrons. The van der Waals surface area contributed by atoms with Crippen LogP contribution in [0.4, 0.5) is 4.39 Å². The van der Waals surface area contributed by atoms with Crippen molar-refractivity contribution in [1.82, 2.24) is 19.6 Å². The average molecular weight is 508 g/mol. The Hall–Kier alpha value is -2.43. The second-order valence-electron chi connectivity index (χ2n) is 9.09. The van der Waals surface area contributed by atoms with Crippen LogP contribution in [0.2, 0.25) is 0 Å². The van der Waals surface area contributed by atoms with Crippen molar-refractivity contribution in [1.29, 1.82) is 0 Å². The van der Waals surface area contributed by atoms with Crippen molar-refractivity contribution in [3.8, 4) is 0 Å². The van der Waals surface area contributed by atoms with Gasteiger partial charge in [-0.05, 0) is 64.3 Å². The quantitative estimate of drug-likeness (QED) is 0.454. The van der Waals surface area contributed by atoms with E-state index in [0.717, 1.165) is 92.9 Å². The molecule has 2 aromatic heterocycles. The molecule has 2 aliphatic heterocycles. The SMILES string of the molecule is Cc1nc2n(c(=O)c1CCN1CCC(c3noc4cc(F)ccc34)CC1)CCCC2.O=P(O)(O)O. The summed E-state index contributed by atoms with van der Waals surface area (Å²) in [5.74, 6) is 0.974. The number of rotatable bonds is 4. The van der Waals surface area contributed by atoms with Gasteiger partial charge >= 0.3 is 7.82 Å². The molecule has 0 bridgehead atoms. The van der Waals surface area contributed by atoms with Gasteiger partial charge in [0.05, 0.1) is 5.69 Å². The van der Waals surface area contributed by atoms with Crippen LogP contribution >= 0.6 is 7.82 Å². The van der Waals surface area contributed by atoms with Gasteiger partial charge in [0.15, 0.2) is 5.58 Å². The molecule has 10 nitrogen and oxygen atoms in total. The van der Waals surface area contributed by atoms with E-state index in [1.54, 1.807) is 6.07 Å². The number of likely N-dealkylation sites (tertiary alicyclic amines) is 1. The fourth-order valence-corrected chi connectivity index (χ4v) is 4.94. The molecular weight excluding hydrogens is 478 g/mol. The van der Waals surface area contributed by atoms with Crippen LogP contribution in [0.1, 0.15) is 54.4 Å². The number of nitrogens with zero attached hydrogens (tertiary/aromatic N) is 4. The van der Waals surface area contributed by atoms with Crippen molar-refractivity contribution >= 4 is 18.8 Å². The Morgan fingerprint density at radius 3 is 2.60 bits per heavy atom. The number of hydrogen-bond donors (Lipinski definition) is 3. The summed E-state index contributed by atoms with van der Waals surface area (Å²) in [7, 11) is -4.64. The van der Waals surface area contributed by atoms with E-state index in [2.05, 4.69) is 10.1 Å². The molecule has 0 aliphatic carbocycles. The van der Waals surface area contributed by atoms with Crippen molar-refractivity contribution in [2.24, 2.45) is 0 Å². The lowest BCUT2D eigenvalue weighted by molar-refractivity contribution is 0.211. The van der Waals surface area contributed by atoms with Gasteiger partial charge in [-0.15, -0.1) is 0 Å². The highest BCUT2D eigenvalue weighted by atomic mass is 31.2. The zero-order valence-electron chi connectivity index (χ0n) is 19.6. The molecule has 1 aromatic carbocycles. The molecular formula is C23H30FN4O6P. The van der Waals surface area contributed by atoms with Crippen molar-refractivity contribution < 1.29 is 28.2 Å². The molecule has 0 radical (unpaired) electrons. The molecule has 0 spiro atoms. The Bertz CT molecular complexity index is 1290. The Labute approximate surface area is 201 Å². The predicted octanol–water partition coefficient (Wildman–Crippen LogP) is 2.66. The second kappa shape index (κ2) is 10.7. The van der Waals surface area contributed by atoms with E-state index in [0.29, 0.717) is 11.5 Å². The van der Waals surface area contributed by atoms with Crippen molar-refractivity contribution in [2.75, 3.05) is 19.6 Å². The van der Waals surface area contributed by atoms with Gasteiger partial charge in [-0.25, -0.2) is 13.9 Å². The van der Waals surface area contributed by atoms with Crippen molar-refractivity contribution in [3.05, 3.63) is 57.1 Å². The maximum Gasteiger partial charge on any atom is 0.466 e. The van der Waals surface area contributed by atoms with Gasteiger partial charge in [-0.2, -0.15) is 0 Å². The van der Waals surface area contributed by atoms with Crippen LogP contribution in [0.3, 0.4) is 0 Å². The van der Waals surface area contributed by atoms with Crippen LogP contribution in [0.5, 0.6) is 0 Å². The fourth-order valence-electron chi connectivity index (χ4n) is 4.94. The zero-order chi connectivity index (χ0) is 25.2. The van der Waals surface area contributed by atoms with Gasteiger partial charge in [0.1, 0.15) is 11.6 Å². The Morgan fingerprint density at radius 1 is 1.17 bits per heavy atom. The van der Waals surface area contributed by atoms with Gasteiger partial charge in [0, 0.05) is 48.1 Å². The lowest BCUT2D eigenvalue weighted by Gasteiger charge is -2.31. The van der Waals surface area contributed by atoms with Gasteiger partial charge in [0.2, 0.25) is 0 Å². The maximum absolute atomic E-state index is 13.4. The first kappa shape index (κ1) is 25.7. The summed E-state index contributed by atoms with van der Waals surface area (Å²) in [4.78, 5) is 41.6. The number of halogens is 1. The third-order valence-corrected chi connectivity index (χ3v) is 6.69. The van der Waals surface area contributed by atoms with Gasteiger partial charge in [0.25, 0.3) is 5.56 Å². The molecule has 35 heavy (non-hydrogen) atoms. The normalized spacial score (nSPS) is 17.2. The Kier molecular flexibility index (Phi) is 7.83. The molecule has 1 fully saturated rings. The van der Waals surface area contributed by atoms with Crippen molar-refractivity contribution in [3.63, 3.8) is 0 Å². The molecule has 2 aliphatic rings. The molecule has 4 heterocycles. The standard InChI is InChI=1S/C23H27FN4O2.H3O4P/c1-15-18(23(29)28-10-3-2-4-21(28)25-15)9-13-27-11-7-16(8-12-27)22-19-6-5-17(24)14-20(19)30-26-22;1-5(2,3)4/h5-6,14,16H,2-4,7-13H2,1H3;(H3,1,2,3,4). The highest BCUT2D eigenvalue weighted by molar-refractivity contribution is 7.45. The summed E-state index contributed by atoms with van der Waals surface area (Å²) in [6, 6.07) is 4.63. The third kappa shape index (κ3) is 6.42. The van der Waals surface area contributed by atoms with E-state index < -0.39 is 7.82 Å². The number of hydrogen-bond acceptors (Lipinski definition) is 6. The molecule has 0 saturated carbocycles. The third-order valence-electron chi connectivity index (χ3n) is 6.69. The van der Waals surface area contributed by atoms with E-state index in [9.17, 15) is 9.18 Å². The van der Waals surface area contributed by atoms with Gasteiger partial charge < -0.3 is 24.1 Å². The molecule has 3 aromatic rings. The fraction of sp³-hybridized carbons (Fsp3) is 0.522. The summed E-state index contributed by atoms with van der Waals surface area (Å²) in [5.41, 5.74) is 3.38. The van der Waals surface area contributed by atoms with E-state index in [4.69, 9.17) is 28.8 Å². The number of aryl methyl sites for hydroxylation is 2. The molecule has 1 saturated heterocycles. The summed E-state index contributed by atoms with van der Waals surface area (Å²) in [6.45, 7) is 5.55. The summed E-state index contributed by atoms with van der Waals surface area (Å²) >= 11 is 0. The minimum Gasteiger partial charge on any atom is -0.356 e. The summed E-state index contributed by atoms with van der Waals surface area (Å²) < 4.78 is 29.5. The van der Waals surface area contributed by atoms with Gasteiger partial charge in [-0.1, -0.05) is 5.16 Å². The van der Waals surface area contributed by atoms with E-state index in [1.807, 2.05) is 11.5 Å². The lowest BCUT2D eigenvalue weighted by Crippen LogP contribution is -2.37. The molecule has 12 heteroatoms. The summed E-state index contributed by atoms with van der Waals surface area (Å²) in [5, 5.41) is 5.15. The topological polar surface area (TPSA) is 142 Å². The van der Waals surface area contributed by atoms with Crippen LogP contribution in [0.25, 0.3) is 11.0 Å². The largest absolute Gasteiger partial charge is 0.466 e. The van der Waals surface area contributed by atoms with Crippen LogP contribution in [0, 0.1) is 12.7 Å². The first-order chi connectivity index (χ1) is 16.6. The number of piperidine rings is 1. The predicted molar refractivity (Wildman–Crippen MR) is 127 cm³/mol.